The number of halogens is 3. The molecular formula is C16H16F3N5O4S. The first-order valence-electron chi connectivity index (χ1n) is 8.11. The number of alkyl halides is 3. The number of rotatable bonds is 7. The SMILES string of the molecule is CCOC(=O)Cc1nnc(SCC(=O)Nc2ccccc2C(F)(F)F)n(N)c1=O. The highest BCUT2D eigenvalue weighted by Crippen LogP contribution is 2.34. The maximum atomic E-state index is 13.0. The van der Waals surface area contributed by atoms with E-state index in [1.807, 2.05) is 0 Å². The van der Waals surface area contributed by atoms with Crippen molar-refractivity contribution in [2.24, 2.45) is 0 Å². The number of carbonyl (C=O) groups excluding carboxylic acids is 2. The van der Waals surface area contributed by atoms with E-state index in [1.165, 1.54) is 12.1 Å². The molecule has 0 aliphatic carbocycles. The van der Waals surface area contributed by atoms with Gasteiger partial charge in [0.25, 0.3) is 5.56 Å². The van der Waals surface area contributed by atoms with Gasteiger partial charge < -0.3 is 15.9 Å². The van der Waals surface area contributed by atoms with Crippen LogP contribution in [0.15, 0.2) is 34.2 Å². The van der Waals surface area contributed by atoms with Gasteiger partial charge in [0, 0.05) is 0 Å². The van der Waals surface area contributed by atoms with E-state index >= 15 is 0 Å². The summed E-state index contributed by atoms with van der Waals surface area (Å²) in [6.45, 7) is 1.73. The van der Waals surface area contributed by atoms with Crippen molar-refractivity contribution in [1.82, 2.24) is 14.9 Å². The van der Waals surface area contributed by atoms with Crippen LogP contribution in [0, 0.1) is 0 Å². The van der Waals surface area contributed by atoms with Crippen molar-refractivity contribution in [3.63, 3.8) is 0 Å². The minimum Gasteiger partial charge on any atom is -0.466 e. The Labute approximate surface area is 166 Å². The van der Waals surface area contributed by atoms with Crippen molar-refractivity contribution in [2.75, 3.05) is 23.5 Å². The van der Waals surface area contributed by atoms with E-state index in [0.29, 0.717) is 16.4 Å². The summed E-state index contributed by atoms with van der Waals surface area (Å²) in [5, 5.41) is 9.28. The standard InChI is InChI=1S/C16H16F3N5O4S/c1-2-28-13(26)7-11-14(27)24(20)15(23-22-11)29-8-12(25)21-10-6-4-3-5-9(10)16(17,18)19/h3-6H,2,7-8,20H2,1H3,(H,21,25). The number of amides is 1. The van der Waals surface area contributed by atoms with Gasteiger partial charge in [-0.1, -0.05) is 23.9 Å². The summed E-state index contributed by atoms with van der Waals surface area (Å²) in [7, 11) is 0. The number of anilines is 1. The van der Waals surface area contributed by atoms with Crippen LogP contribution in [-0.2, 0) is 26.9 Å². The fourth-order valence-corrected chi connectivity index (χ4v) is 2.79. The average Bonchev–Trinajstić information content (AvgIpc) is 2.64. The molecule has 3 N–H and O–H groups in total. The largest absolute Gasteiger partial charge is 0.466 e. The Morgan fingerprint density at radius 2 is 1.97 bits per heavy atom. The van der Waals surface area contributed by atoms with Crippen LogP contribution >= 0.6 is 11.8 Å². The number of nitrogens with two attached hydrogens (primary N) is 1. The van der Waals surface area contributed by atoms with Gasteiger partial charge in [-0.05, 0) is 19.1 Å². The maximum Gasteiger partial charge on any atom is 0.418 e. The van der Waals surface area contributed by atoms with Crippen molar-refractivity contribution in [1.29, 1.82) is 0 Å². The molecule has 0 aliphatic heterocycles. The number of hydrogen-bond donors (Lipinski definition) is 2. The van der Waals surface area contributed by atoms with Crippen LogP contribution in [0.25, 0.3) is 0 Å². The second kappa shape index (κ2) is 9.41. The molecular weight excluding hydrogens is 415 g/mol. The first kappa shape index (κ1) is 22.2. The first-order valence-corrected chi connectivity index (χ1v) is 9.10. The monoisotopic (exact) mass is 431 g/mol. The molecule has 0 fully saturated rings. The zero-order valence-electron chi connectivity index (χ0n) is 15.0. The molecule has 0 unspecified atom stereocenters. The molecule has 156 valence electrons. The zero-order chi connectivity index (χ0) is 21.6. The normalized spacial score (nSPS) is 11.2. The van der Waals surface area contributed by atoms with E-state index in [-0.39, 0.29) is 23.2 Å². The number of nitrogens with one attached hydrogen (secondary N) is 1. The number of para-hydroxylation sites is 1. The maximum absolute atomic E-state index is 13.0. The van der Waals surface area contributed by atoms with Gasteiger partial charge in [0.2, 0.25) is 11.1 Å². The van der Waals surface area contributed by atoms with Crippen LogP contribution in [-0.4, -0.2) is 39.1 Å². The van der Waals surface area contributed by atoms with Crippen LogP contribution in [0.4, 0.5) is 18.9 Å². The molecule has 2 rings (SSSR count). The quantitative estimate of drug-likeness (QED) is 0.380. The lowest BCUT2D eigenvalue weighted by atomic mass is 10.1. The van der Waals surface area contributed by atoms with Crippen molar-refractivity contribution >= 4 is 29.3 Å². The summed E-state index contributed by atoms with van der Waals surface area (Å²) >= 11 is 0.695. The molecule has 0 aliphatic rings. The van der Waals surface area contributed by atoms with Gasteiger partial charge >= 0.3 is 12.1 Å². The predicted molar refractivity (Wildman–Crippen MR) is 97.6 cm³/mol. The smallest absolute Gasteiger partial charge is 0.418 e. The van der Waals surface area contributed by atoms with Gasteiger partial charge in [0.15, 0.2) is 0 Å². The fourth-order valence-electron chi connectivity index (χ4n) is 2.13. The second-order valence-electron chi connectivity index (χ2n) is 5.47. The third-order valence-corrected chi connectivity index (χ3v) is 4.33. The number of thioether (sulfide) groups is 1. The van der Waals surface area contributed by atoms with E-state index in [0.717, 1.165) is 12.1 Å². The Balaban J connectivity index is 2.05. The minimum atomic E-state index is -4.63. The molecule has 0 spiro atoms. The summed E-state index contributed by atoms with van der Waals surface area (Å²) in [5.74, 6) is 3.78. The van der Waals surface area contributed by atoms with Crippen LogP contribution in [0.3, 0.4) is 0 Å². The lowest BCUT2D eigenvalue weighted by molar-refractivity contribution is -0.142. The number of nitrogens with zero attached hydrogens (tertiary/aromatic N) is 3. The van der Waals surface area contributed by atoms with Gasteiger partial charge in [0.1, 0.15) is 5.69 Å². The number of carbonyl (C=O) groups is 2. The summed E-state index contributed by atoms with van der Waals surface area (Å²) in [5.41, 5.74) is -2.43. The lowest BCUT2D eigenvalue weighted by Crippen LogP contribution is -2.35. The average molecular weight is 431 g/mol. The Morgan fingerprint density at radius 1 is 1.28 bits per heavy atom. The number of nitrogen functional groups attached to an aromatic ring is 1. The molecule has 0 saturated heterocycles. The highest BCUT2D eigenvalue weighted by Gasteiger charge is 2.33. The molecule has 1 heterocycles. The zero-order valence-corrected chi connectivity index (χ0v) is 15.8. The lowest BCUT2D eigenvalue weighted by Gasteiger charge is -2.13. The molecule has 2 aromatic rings. The molecule has 1 aromatic carbocycles. The third-order valence-electron chi connectivity index (χ3n) is 3.38. The highest BCUT2D eigenvalue weighted by atomic mass is 32.2. The van der Waals surface area contributed by atoms with Crippen molar-refractivity contribution in [3.05, 3.63) is 45.9 Å². The number of esters is 1. The minimum absolute atomic E-state index is 0.129. The van der Waals surface area contributed by atoms with Crippen molar-refractivity contribution in [3.8, 4) is 0 Å². The van der Waals surface area contributed by atoms with E-state index in [1.54, 1.807) is 6.92 Å². The van der Waals surface area contributed by atoms with Crippen molar-refractivity contribution < 1.29 is 27.5 Å². The molecule has 1 amide bonds. The number of benzene rings is 1. The van der Waals surface area contributed by atoms with Crippen LogP contribution in [0.1, 0.15) is 18.2 Å². The molecule has 0 radical (unpaired) electrons. The number of aromatic nitrogens is 3. The fraction of sp³-hybridized carbons (Fsp3) is 0.312. The van der Waals surface area contributed by atoms with Gasteiger partial charge in [-0.15, -0.1) is 10.2 Å². The highest BCUT2D eigenvalue weighted by molar-refractivity contribution is 7.99. The number of hydrogen-bond acceptors (Lipinski definition) is 8. The molecule has 29 heavy (non-hydrogen) atoms. The van der Waals surface area contributed by atoms with Gasteiger partial charge in [-0.3, -0.25) is 14.4 Å². The summed E-state index contributed by atoms with van der Waals surface area (Å²) in [6, 6.07) is 4.51. The molecule has 9 nitrogen and oxygen atoms in total. The summed E-state index contributed by atoms with van der Waals surface area (Å²) in [4.78, 5) is 35.5. The molecule has 13 heteroatoms. The second-order valence-corrected chi connectivity index (χ2v) is 6.41. The van der Waals surface area contributed by atoms with E-state index < -0.39 is 41.3 Å². The summed E-state index contributed by atoms with van der Waals surface area (Å²) in [6.07, 6.45) is -5.05. The molecule has 1 aromatic heterocycles. The van der Waals surface area contributed by atoms with Gasteiger partial charge in [0.05, 0.1) is 30.0 Å². The van der Waals surface area contributed by atoms with Gasteiger partial charge in [-0.2, -0.15) is 17.8 Å². The Hall–Kier alpha value is -3.09. The number of ether oxygens (including phenoxy) is 1. The van der Waals surface area contributed by atoms with Crippen LogP contribution in [0.2, 0.25) is 0 Å². The van der Waals surface area contributed by atoms with Crippen LogP contribution < -0.4 is 16.7 Å². The predicted octanol–water partition coefficient (Wildman–Crippen LogP) is 1.21. The Morgan fingerprint density at radius 3 is 2.62 bits per heavy atom. The van der Waals surface area contributed by atoms with Crippen LogP contribution in [0.5, 0.6) is 0 Å². The van der Waals surface area contributed by atoms with E-state index in [4.69, 9.17) is 10.6 Å². The van der Waals surface area contributed by atoms with Crippen molar-refractivity contribution in [2.45, 2.75) is 24.7 Å². The van der Waals surface area contributed by atoms with E-state index in [2.05, 4.69) is 15.5 Å². The van der Waals surface area contributed by atoms with Gasteiger partial charge in [-0.25, -0.2) is 0 Å². The molecule has 0 bridgehead atoms. The third kappa shape index (κ3) is 5.94. The van der Waals surface area contributed by atoms with E-state index in [9.17, 15) is 27.6 Å². The molecule has 0 saturated carbocycles. The Kier molecular flexibility index (Phi) is 7.20. The topological polar surface area (TPSA) is 129 Å². The Bertz CT molecular complexity index is 964. The molecule has 0 atom stereocenters. The summed E-state index contributed by atoms with van der Waals surface area (Å²) < 4.78 is 44.2. The first-order chi connectivity index (χ1) is 13.6.